The molecule has 0 bridgehead atoms. The zero-order chi connectivity index (χ0) is 49.6. The zero-order valence-corrected chi connectivity index (χ0v) is 43.0. The molecule has 17 heteroatoms. The van der Waals surface area contributed by atoms with E-state index >= 15 is 0 Å². The molecule has 0 amide bonds. The Hall–Kier alpha value is -4.50. The van der Waals surface area contributed by atoms with Gasteiger partial charge in [0.2, 0.25) is 0 Å². The molecule has 0 aliphatic heterocycles. The number of rotatable bonds is 9. The maximum atomic E-state index is 10.5. The van der Waals surface area contributed by atoms with E-state index in [9.17, 15) is 26.3 Å². The molecule has 0 N–H and O–H groups in total. The van der Waals surface area contributed by atoms with Crippen LogP contribution < -0.4 is 51.5 Å². The molecule has 6 nitrogen and oxygen atoms in total. The number of hydrogen-bond donors (Lipinski definition) is 0. The fourth-order valence-corrected chi connectivity index (χ4v) is 13.7. The molecular formula is C50H46Cl2F6O6P2Ru. The third-order valence-corrected chi connectivity index (χ3v) is 15.0. The van der Waals surface area contributed by atoms with Crippen molar-refractivity contribution in [1.29, 1.82) is 0 Å². The summed E-state index contributed by atoms with van der Waals surface area (Å²) in [6.07, 6.45) is -10.4. The number of benzene rings is 6. The summed E-state index contributed by atoms with van der Waals surface area (Å²) in [7, 11) is 1.20. The Bertz CT molecular complexity index is 2390. The van der Waals surface area contributed by atoms with Crippen LogP contribution in [-0.4, -0.2) is 38.5 Å². The summed E-state index contributed by atoms with van der Waals surface area (Å²) in [6, 6.07) is 35.9. The van der Waals surface area contributed by atoms with E-state index in [4.69, 9.17) is 52.5 Å². The minimum atomic E-state index is -5.19. The van der Waals surface area contributed by atoms with Crippen LogP contribution >= 0.6 is 39.0 Å². The van der Waals surface area contributed by atoms with Crippen LogP contribution in [0.15, 0.2) is 97.1 Å². The maximum Gasteiger partial charge on any atom is 2.00 e. The van der Waals surface area contributed by atoms with Gasteiger partial charge in [0.25, 0.3) is 0 Å². The number of carbonyl (C=O) groups is 2. The summed E-state index contributed by atoms with van der Waals surface area (Å²) >= 11 is 14.3. The Labute approximate surface area is 411 Å². The molecule has 0 unspecified atom stereocenters. The first-order valence-electron chi connectivity index (χ1n) is 19.9. The minimum Gasteiger partial charge on any atom is -0.542 e. The number of ether oxygens (including phenoxy) is 2. The van der Waals surface area contributed by atoms with Gasteiger partial charge in [-0.05, 0) is 115 Å². The van der Waals surface area contributed by atoms with E-state index in [0.29, 0.717) is 21.5 Å². The van der Waals surface area contributed by atoms with E-state index in [0.717, 1.165) is 21.7 Å². The van der Waals surface area contributed by atoms with Crippen molar-refractivity contribution in [1.82, 2.24) is 0 Å². The minimum absolute atomic E-state index is 0. The van der Waals surface area contributed by atoms with Crippen LogP contribution in [0.1, 0.15) is 44.5 Å². The molecule has 0 aliphatic carbocycles. The van der Waals surface area contributed by atoms with Gasteiger partial charge in [0, 0.05) is 11.1 Å². The molecule has 0 saturated carbocycles. The average Bonchev–Trinajstić information content (AvgIpc) is 3.17. The third-order valence-electron chi connectivity index (χ3n) is 9.64. The Morgan fingerprint density at radius 3 is 0.806 bits per heavy atom. The molecule has 0 spiro atoms. The summed E-state index contributed by atoms with van der Waals surface area (Å²) in [4.78, 5) is 17.6. The number of aliphatic carboxylic acids is 2. The standard InChI is InChI=1S/C46H46Cl2O2P2.2C2HF3O2.Ru/c1-27-15-28(2)20-35(19-27)51(36-21-29(3)16-30(4)22-36)41-13-11-39(47)45(49-9)43(41)44-42(14-12-40(48)46(44)50-10)52(37-23-31(5)17-32(6)24-37)38-25-33(7)18-34(8)26-38;2*3-2(4,5)1(6)7;/h11-26H,1-10H3;2*(H,6,7);/q;;;+2/p-2. The number of carboxylic acid groups (broad SMARTS) is 2. The van der Waals surface area contributed by atoms with E-state index in [1.54, 1.807) is 14.2 Å². The van der Waals surface area contributed by atoms with Crippen LogP contribution in [0, 0.1) is 55.4 Å². The first kappa shape index (κ1) is 56.8. The fourth-order valence-electron chi connectivity index (χ4n) is 7.52. The number of alkyl halides is 6. The van der Waals surface area contributed by atoms with E-state index < -0.39 is 40.1 Å². The molecule has 67 heavy (non-hydrogen) atoms. The maximum absolute atomic E-state index is 10.5. The number of carboxylic acids is 2. The van der Waals surface area contributed by atoms with E-state index in [-0.39, 0.29) is 19.5 Å². The van der Waals surface area contributed by atoms with Crippen LogP contribution in [0.25, 0.3) is 11.1 Å². The smallest absolute Gasteiger partial charge is 0.542 e. The second-order valence-electron chi connectivity index (χ2n) is 15.6. The second-order valence-corrected chi connectivity index (χ2v) is 20.8. The average molecular weight is 1090 g/mol. The van der Waals surface area contributed by atoms with Gasteiger partial charge >= 0.3 is 31.8 Å². The van der Waals surface area contributed by atoms with E-state index in [2.05, 4.69) is 140 Å². The van der Waals surface area contributed by atoms with Gasteiger partial charge in [-0.1, -0.05) is 153 Å². The van der Waals surface area contributed by atoms with Crippen molar-refractivity contribution in [2.75, 3.05) is 14.2 Å². The van der Waals surface area contributed by atoms with Crippen molar-refractivity contribution in [2.45, 2.75) is 67.7 Å². The topological polar surface area (TPSA) is 98.7 Å². The Kier molecular flexibility index (Phi) is 20.1. The Morgan fingerprint density at radius 1 is 0.448 bits per heavy atom. The Balaban J connectivity index is 0.000000690. The molecule has 0 radical (unpaired) electrons. The fraction of sp³-hybridized carbons (Fsp3) is 0.240. The number of hydrogen-bond acceptors (Lipinski definition) is 6. The number of methoxy groups -OCH3 is 2. The van der Waals surface area contributed by atoms with Gasteiger partial charge in [-0.15, -0.1) is 0 Å². The predicted molar refractivity (Wildman–Crippen MR) is 252 cm³/mol. The summed E-state index contributed by atoms with van der Waals surface area (Å²) in [5, 5.41) is 25.9. The first-order valence-corrected chi connectivity index (χ1v) is 23.3. The van der Waals surface area contributed by atoms with Crippen molar-refractivity contribution in [3.63, 3.8) is 0 Å². The molecule has 6 rings (SSSR count). The number of carbonyl (C=O) groups excluding carboxylic acids is 2. The van der Waals surface area contributed by atoms with Gasteiger partial charge < -0.3 is 29.3 Å². The van der Waals surface area contributed by atoms with Crippen molar-refractivity contribution in [2.24, 2.45) is 0 Å². The van der Waals surface area contributed by atoms with Gasteiger partial charge in [-0.2, -0.15) is 26.3 Å². The summed E-state index contributed by atoms with van der Waals surface area (Å²) in [5.74, 6) is -4.80. The van der Waals surface area contributed by atoms with Gasteiger partial charge in [-0.3, -0.25) is 0 Å². The molecule has 356 valence electrons. The summed E-state index contributed by atoms with van der Waals surface area (Å²) in [6.45, 7) is 17.4. The molecule has 0 fully saturated rings. The molecule has 0 atom stereocenters. The van der Waals surface area contributed by atoms with Crippen LogP contribution in [0.3, 0.4) is 0 Å². The second kappa shape index (κ2) is 23.7. The zero-order valence-electron chi connectivity index (χ0n) is 38.0. The van der Waals surface area contributed by atoms with Gasteiger partial charge in [0.15, 0.2) is 0 Å². The quantitative estimate of drug-likeness (QED) is 0.0814. The summed E-state index contributed by atoms with van der Waals surface area (Å²) < 4.78 is 75.8. The van der Waals surface area contributed by atoms with Crippen molar-refractivity contribution < 1.29 is 75.1 Å². The predicted octanol–water partition coefficient (Wildman–Crippen LogP) is 9.26. The van der Waals surface area contributed by atoms with Crippen molar-refractivity contribution in [3.8, 4) is 22.6 Å². The van der Waals surface area contributed by atoms with Crippen molar-refractivity contribution in [3.05, 3.63) is 152 Å². The van der Waals surface area contributed by atoms with Crippen LogP contribution in [0.4, 0.5) is 26.3 Å². The third kappa shape index (κ3) is 14.8. The first-order chi connectivity index (χ1) is 30.7. The molecule has 0 heterocycles. The Morgan fingerprint density at radius 2 is 0.642 bits per heavy atom. The van der Waals surface area contributed by atoms with Gasteiger partial charge in [0.05, 0.1) is 24.3 Å². The van der Waals surface area contributed by atoms with Crippen LogP contribution in [0.5, 0.6) is 11.5 Å². The van der Waals surface area contributed by atoms with Gasteiger partial charge in [-0.25, -0.2) is 0 Å². The summed E-state index contributed by atoms with van der Waals surface area (Å²) in [5.41, 5.74) is 11.6. The molecule has 0 aliphatic rings. The number of aryl methyl sites for hydroxylation is 8. The monoisotopic (exact) mass is 1090 g/mol. The normalized spacial score (nSPS) is 11.2. The van der Waals surface area contributed by atoms with Crippen LogP contribution in [-0.2, 0) is 29.1 Å². The van der Waals surface area contributed by atoms with Gasteiger partial charge in [0.1, 0.15) is 23.4 Å². The van der Waals surface area contributed by atoms with Crippen molar-refractivity contribution >= 4 is 82.8 Å². The molecular weight excluding hydrogens is 1040 g/mol. The molecule has 0 aromatic heterocycles. The molecule has 0 saturated heterocycles. The molecule has 6 aromatic rings. The largest absolute Gasteiger partial charge is 2.00 e. The van der Waals surface area contributed by atoms with Crippen LogP contribution in [0.2, 0.25) is 10.0 Å². The van der Waals surface area contributed by atoms with E-state index in [1.165, 1.54) is 65.7 Å². The SMILES string of the molecule is COc1c(Cl)ccc(P(c2cc(C)cc(C)c2)c2cc(C)cc(C)c2)c1-c1c(P(c2cc(C)cc(C)c2)c2cc(C)cc(C)c2)ccc(Cl)c1OC.O=C([O-])C(F)(F)F.O=C([O-])C(F)(F)F.[Ru+2]. The van der Waals surface area contributed by atoms with E-state index in [1.807, 2.05) is 12.1 Å². The molecule has 6 aromatic carbocycles. The number of halogens is 8.